The summed E-state index contributed by atoms with van der Waals surface area (Å²) in [7, 11) is 0. The first-order valence-corrected chi connectivity index (χ1v) is 7.34. The fourth-order valence-electron chi connectivity index (χ4n) is 2.75. The number of hydrogen-bond acceptors (Lipinski definition) is 1. The maximum absolute atomic E-state index is 14.0. The zero-order valence-electron chi connectivity index (χ0n) is 13.9. The maximum Gasteiger partial charge on any atom is 0.411 e. The molecule has 0 saturated heterocycles. The molecule has 0 aromatic carbocycles. The summed E-state index contributed by atoms with van der Waals surface area (Å²) in [6.45, 7) is 7.24. The van der Waals surface area contributed by atoms with Crippen molar-refractivity contribution < 1.29 is 31.1 Å². The van der Waals surface area contributed by atoms with Crippen molar-refractivity contribution >= 4 is 0 Å². The normalized spacial score (nSPS) is 22.3. The molecule has 0 bridgehead atoms. The third-order valence-electron chi connectivity index (χ3n) is 3.62. The molecule has 0 radical (unpaired) electrons. The lowest BCUT2D eigenvalue weighted by Crippen LogP contribution is -2.54. The minimum absolute atomic E-state index is 0.519. The van der Waals surface area contributed by atoms with Gasteiger partial charge in [-0.1, -0.05) is 37.0 Å². The topological polar surface area (TPSA) is 9.23 Å². The molecule has 0 N–H and O–H groups in total. The Labute approximate surface area is 142 Å². The Bertz CT molecular complexity index is 655. The van der Waals surface area contributed by atoms with Crippen molar-refractivity contribution in [1.82, 2.24) is 0 Å². The fraction of sp³-hybridized carbons (Fsp3) is 0.333. The predicted octanol–water partition coefficient (Wildman–Crippen LogP) is 6.55. The Morgan fingerprint density at radius 1 is 0.920 bits per heavy atom. The lowest BCUT2D eigenvalue weighted by Gasteiger charge is -2.44. The van der Waals surface area contributed by atoms with Crippen LogP contribution < -0.4 is 0 Å². The van der Waals surface area contributed by atoms with Crippen molar-refractivity contribution in [2.24, 2.45) is 5.41 Å². The first-order valence-electron chi connectivity index (χ1n) is 7.34. The van der Waals surface area contributed by atoms with E-state index in [0.29, 0.717) is 0 Å². The van der Waals surface area contributed by atoms with Crippen LogP contribution in [0.3, 0.4) is 0 Å². The van der Waals surface area contributed by atoms with E-state index in [1.54, 1.807) is 0 Å². The third-order valence-corrected chi connectivity index (χ3v) is 3.62. The minimum Gasteiger partial charge on any atom is -0.457 e. The van der Waals surface area contributed by atoms with Gasteiger partial charge in [0.25, 0.3) is 0 Å². The standard InChI is InChI=1S/C18H18F6O/c1-5-9-13-15(11-7-3)25-14(10-6-2)12(8-4)16(13,17(19,20)21)18(22,23)24/h5-11H,2H2,1,3-4H3/b9-5-,11-7-,12-8+,14-10+. The Kier molecular flexibility index (Phi) is 6.15. The number of hydrogen-bond donors (Lipinski definition) is 0. The Morgan fingerprint density at radius 3 is 1.80 bits per heavy atom. The van der Waals surface area contributed by atoms with Crippen LogP contribution in [0.4, 0.5) is 26.3 Å². The van der Waals surface area contributed by atoms with Crippen LogP contribution in [-0.2, 0) is 4.74 Å². The molecule has 1 aliphatic heterocycles. The molecular weight excluding hydrogens is 346 g/mol. The van der Waals surface area contributed by atoms with Gasteiger partial charge in [0, 0.05) is 11.1 Å². The molecule has 25 heavy (non-hydrogen) atoms. The minimum atomic E-state index is -5.64. The summed E-state index contributed by atoms with van der Waals surface area (Å²) in [5, 5.41) is 0. The summed E-state index contributed by atoms with van der Waals surface area (Å²) in [4.78, 5) is 0. The number of halogens is 6. The quantitative estimate of drug-likeness (QED) is 0.516. The van der Waals surface area contributed by atoms with E-state index in [0.717, 1.165) is 43.4 Å². The summed E-state index contributed by atoms with van der Waals surface area (Å²) in [5.74, 6) is -1.07. The summed E-state index contributed by atoms with van der Waals surface area (Å²) in [6.07, 6.45) is -4.17. The monoisotopic (exact) mass is 364 g/mol. The molecule has 0 atom stereocenters. The third kappa shape index (κ3) is 3.32. The second-order valence-electron chi connectivity index (χ2n) is 5.09. The number of allylic oxidation sites excluding steroid dienone is 9. The highest BCUT2D eigenvalue weighted by atomic mass is 19.4. The average molecular weight is 364 g/mol. The van der Waals surface area contributed by atoms with Crippen LogP contribution in [-0.4, -0.2) is 12.4 Å². The molecular formula is C18H18F6O. The van der Waals surface area contributed by atoms with Crippen molar-refractivity contribution in [3.8, 4) is 0 Å². The Balaban J connectivity index is 4.19. The number of rotatable bonds is 3. The molecule has 0 saturated carbocycles. The average Bonchev–Trinajstić information content (AvgIpc) is 2.47. The highest BCUT2D eigenvalue weighted by Crippen LogP contribution is 2.63. The smallest absolute Gasteiger partial charge is 0.411 e. The lowest BCUT2D eigenvalue weighted by atomic mass is 9.68. The van der Waals surface area contributed by atoms with Crippen LogP contribution in [0.1, 0.15) is 20.8 Å². The summed E-state index contributed by atoms with van der Waals surface area (Å²) >= 11 is 0. The largest absolute Gasteiger partial charge is 0.457 e. The molecule has 1 rings (SSSR count). The SMILES string of the molecule is C=C/C=C1/OC(/C=C\C)=C(/C=C\C)C(C(F)(F)F)(C(F)(F)F)/C1=C/C. The summed E-state index contributed by atoms with van der Waals surface area (Å²) in [5.41, 5.74) is -6.24. The van der Waals surface area contributed by atoms with E-state index in [9.17, 15) is 26.3 Å². The zero-order chi connectivity index (χ0) is 19.5. The van der Waals surface area contributed by atoms with Gasteiger partial charge in [-0.05, 0) is 32.9 Å². The van der Waals surface area contributed by atoms with Crippen molar-refractivity contribution in [2.75, 3.05) is 0 Å². The van der Waals surface area contributed by atoms with E-state index in [2.05, 4.69) is 6.58 Å². The van der Waals surface area contributed by atoms with Gasteiger partial charge in [0.1, 0.15) is 11.5 Å². The van der Waals surface area contributed by atoms with Crippen LogP contribution in [0.25, 0.3) is 0 Å². The molecule has 0 aromatic rings. The second-order valence-corrected chi connectivity index (χ2v) is 5.09. The Hall–Kier alpha value is -2.18. The summed E-state index contributed by atoms with van der Waals surface area (Å²) in [6, 6.07) is 0. The highest BCUT2D eigenvalue weighted by Gasteiger charge is 2.76. The summed E-state index contributed by atoms with van der Waals surface area (Å²) < 4.78 is 89.2. The number of alkyl halides is 6. The van der Waals surface area contributed by atoms with Crippen molar-refractivity contribution in [3.63, 3.8) is 0 Å². The van der Waals surface area contributed by atoms with Crippen molar-refractivity contribution in [3.05, 3.63) is 71.8 Å². The fourth-order valence-corrected chi connectivity index (χ4v) is 2.75. The lowest BCUT2D eigenvalue weighted by molar-refractivity contribution is -0.312. The Morgan fingerprint density at radius 2 is 1.44 bits per heavy atom. The van der Waals surface area contributed by atoms with E-state index in [4.69, 9.17) is 4.74 Å². The molecule has 1 nitrogen and oxygen atoms in total. The highest BCUT2D eigenvalue weighted by molar-refractivity contribution is 5.55. The molecule has 1 aliphatic rings. The van der Waals surface area contributed by atoms with Crippen LogP contribution in [0.2, 0.25) is 0 Å². The van der Waals surface area contributed by atoms with E-state index in [1.165, 1.54) is 19.9 Å². The zero-order valence-corrected chi connectivity index (χ0v) is 13.9. The van der Waals surface area contributed by atoms with Crippen LogP contribution in [0, 0.1) is 5.41 Å². The molecule has 0 aromatic heterocycles. The second kappa shape index (κ2) is 7.37. The van der Waals surface area contributed by atoms with E-state index in [1.807, 2.05) is 0 Å². The van der Waals surface area contributed by atoms with Crippen LogP contribution >= 0.6 is 0 Å². The van der Waals surface area contributed by atoms with Gasteiger partial charge in [-0.25, -0.2) is 0 Å². The van der Waals surface area contributed by atoms with Gasteiger partial charge in [0.15, 0.2) is 0 Å². The molecule has 0 unspecified atom stereocenters. The van der Waals surface area contributed by atoms with E-state index < -0.39 is 40.4 Å². The molecule has 0 fully saturated rings. The van der Waals surface area contributed by atoms with Crippen molar-refractivity contribution in [2.45, 2.75) is 33.1 Å². The molecule has 7 heteroatoms. The molecule has 138 valence electrons. The van der Waals surface area contributed by atoms with Gasteiger partial charge >= 0.3 is 12.4 Å². The van der Waals surface area contributed by atoms with E-state index >= 15 is 0 Å². The van der Waals surface area contributed by atoms with E-state index in [-0.39, 0.29) is 0 Å². The van der Waals surface area contributed by atoms with Gasteiger partial charge in [0.2, 0.25) is 5.41 Å². The van der Waals surface area contributed by atoms with Gasteiger partial charge in [0.05, 0.1) is 0 Å². The molecule has 0 aliphatic carbocycles. The van der Waals surface area contributed by atoms with Crippen LogP contribution in [0.15, 0.2) is 71.8 Å². The van der Waals surface area contributed by atoms with Crippen LogP contribution in [0.5, 0.6) is 0 Å². The maximum atomic E-state index is 14.0. The first-order chi connectivity index (χ1) is 11.5. The number of ether oxygens (including phenoxy) is 1. The first kappa shape index (κ1) is 20.9. The molecule has 0 spiro atoms. The van der Waals surface area contributed by atoms with Gasteiger partial charge in [-0.15, -0.1) is 0 Å². The van der Waals surface area contributed by atoms with Crippen molar-refractivity contribution in [1.29, 1.82) is 0 Å². The molecule has 0 amide bonds. The van der Waals surface area contributed by atoms with Gasteiger partial charge < -0.3 is 4.74 Å². The predicted molar refractivity (Wildman–Crippen MR) is 84.3 cm³/mol. The van der Waals surface area contributed by atoms with Gasteiger partial charge in [-0.3, -0.25) is 0 Å². The molecule has 1 heterocycles. The van der Waals surface area contributed by atoms with Gasteiger partial charge in [-0.2, -0.15) is 26.3 Å².